The number of nitrogens with zero attached hydrogens (tertiary/aromatic N) is 3. The summed E-state index contributed by atoms with van der Waals surface area (Å²) in [5.41, 5.74) is 0.855. The van der Waals surface area contributed by atoms with Gasteiger partial charge in [0.05, 0.1) is 24.8 Å². The monoisotopic (exact) mass is 306 g/mol. The van der Waals surface area contributed by atoms with Crippen LogP contribution in [0, 0.1) is 17.2 Å². The lowest BCUT2D eigenvalue weighted by molar-refractivity contribution is 0.417. The van der Waals surface area contributed by atoms with Gasteiger partial charge in [0.1, 0.15) is 5.75 Å². The molecular weight excluding hydrogens is 292 g/mol. The molecule has 2 rings (SSSR count). The molecule has 5 nitrogen and oxygen atoms in total. The van der Waals surface area contributed by atoms with E-state index in [1.165, 1.54) is 11.3 Å². The molecule has 0 amide bonds. The van der Waals surface area contributed by atoms with Crippen LogP contribution in [0.4, 0.5) is 10.8 Å². The van der Waals surface area contributed by atoms with E-state index in [4.69, 9.17) is 10.00 Å². The molecule has 1 aromatic heterocycles. The van der Waals surface area contributed by atoms with Crippen LogP contribution >= 0.6 is 23.1 Å². The molecule has 1 heterocycles. The summed E-state index contributed by atoms with van der Waals surface area (Å²) in [5, 5.41) is 20.8. The molecule has 1 aromatic carbocycles. The van der Waals surface area contributed by atoms with Crippen molar-refractivity contribution in [2.75, 3.05) is 18.2 Å². The summed E-state index contributed by atoms with van der Waals surface area (Å²) in [5.74, 6) is 1.49. The van der Waals surface area contributed by atoms with Crippen LogP contribution < -0.4 is 10.1 Å². The number of aromatic nitrogens is 2. The lowest BCUT2D eigenvalue weighted by atomic mass is 10.3. The summed E-state index contributed by atoms with van der Waals surface area (Å²) in [6, 6.07) is 9.84. The Morgan fingerprint density at radius 3 is 3.00 bits per heavy atom. The van der Waals surface area contributed by atoms with Crippen LogP contribution in [0.2, 0.25) is 0 Å². The van der Waals surface area contributed by atoms with Gasteiger partial charge in [-0.25, -0.2) is 0 Å². The van der Waals surface area contributed by atoms with Gasteiger partial charge in [-0.15, -0.1) is 10.2 Å². The highest BCUT2D eigenvalue weighted by Gasteiger charge is 2.09. The number of hydrogen-bond donors (Lipinski definition) is 1. The van der Waals surface area contributed by atoms with Crippen LogP contribution in [0.25, 0.3) is 0 Å². The molecule has 2 aromatic rings. The Morgan fingerprint density at radius 1 is 1.45 bits per heavy atom. The fraction of sp³-hybridized carbons (Fsp3) is 0.308. The fourth-order valence-electron chi connectivity index (χ4n) is 1.42. The van der Waals surface area contributed by atoms with Gasteiger partial charge in [0.2, 0.25) is 5.13 Å². The maximum absolute atomic E-state index is 8.75. The molecular formula is C13H14N4OS2. The molecule has 1 N–H and O–H groups in total. The van der Waals surface area contributed by atoms with E-state index in [1.807, 2.05) is 31.2 Å². The van der Waals surface area contributed by atoms with Crippen LogP contribution in [-0.2, 0) is 0 Å². The number of benzene rings is 1. The first kappa shape index (κ1) is 14.6. The lowest BCUT2D eigenvalue weighted by Gasteiger charge is -2.07. The van der Waals surface area contributed by atoms with Crippen molar-refractivity contribution in [2.45, 2.75) is 11.3 Å². The molecule has 0 spiro atoms. The third-order valence-corrected chi connectivity index (χ3v) is 4.66. The van der Waals surface area contributed by atoms with Crippen molar-refractivity contribution in [1.82, 2.24) is 10.2 Å². The van der Waals surface area contributed by atoms with Crippen LogP contribution in [0.1, 0.15) is 6.92 Å². The smallest absolute Gasteiger partial charge is 0.210 e. The van der Waals surface area contributed by atoms with Gasteiger partial charge >= 0.3 is 0 Å². The number of nitrogens with one attached hydrogen (secondary N) is 1. The van der Waals surface area contributed by atoms with Crippen molar-refractivity contribution in [3.63, 3.8) is 0 Å². The molecule has 0 aliphatic carbocycles. The Hall–Kier alpha value is -1.78. The first-order valence-corrected chi connectivity index (χ1v) is 7.79. The van der Waals surface area contributed by atoms with E-state index in [2.05, 4.69) is 21.6 Å². The Bertz CT molecular complexity index is 608. The van der Waals surface area contributed by atoms with Gasteiger partial charge < -0.3 is 10.1 Å². The molecule has 0 aliphatic rings. The minimum Gasteiger partial charge on any atom is -0.495 e. The quantitative estimate of drug-likeness (QED) is 0.823. The van der Waals surface area contributed by atoms with Gasteiger partial charge in [-0.05, 0) is 19.1 Å². The van der Waals surface area contributed by atoms with E-state index in [-0.39, 0.29) is 5.92 Å². The molecule has 0 fully saturated rings. The molecule has 20 heavy (non-hydrogen) atoms. The molecule has 1 atom stereocenters. The first-order valence-electron chi connectivity index (χ1n) is 5.99. The van der Waals surface area contributed by atoms with E-state index in [9.17, 15) is 0 Å². The summed E-state index contributed by atoms with van der Waals surface area (Å²) in [6.07, 6.45) is 0. The molecule has 0 bridgehead atoms. The Balaban J connectivity index is 2.01. The van der Waals surface area contributed by atoms with Gasteiger partial charge in [0.25, 0.3) is 0 Å². The predicted octanol–water partition coefficient (Wildman–Crippen LogP) is 3.54. The minimum atomic E-state index is 0.00882. The Kier molecular flexibility index (Phi) is 5.21. The van der Waals surface area contributed by atoms with E-state index < -0.39 is 0 Å². The lowest BCUT2D eigenvalue weighted by Crippen LogP contribution is -1.93. The Morgan fingerprint density at radius 2 is 2.25 bits per heavy atom. The van der Waals surface area contributed by atoms with Crippen molar-refractivity contribution in [1.29, 1.82) is 5.26 Å². The zero-order chi connectivity index (χ0) is 14.4. The number of hydrogen-bond acceptors (Lipinski definition) is 7. The second-order valence-corrected chi connectivity index (χ2v) is 6.28. The SMILES string of the molecule is COc1ccccc1Nc1nnc(SC[C@H](C)C#N)s1. The summed E-state index contributed by atoms with van der Waals surface area (Å²) < 4.78 is 6.12. The van der Waals surface area contributed by atoms with E-state index in [0.29, 0.717) is 5.13 Å². The zero-order valence-electron chi connectivity index (χ0n) is 11.2. The molecule has 0 aliphatic heterocycles. The number of anilines is 2. The number of nitriles is 1. The maximum Gasteiger partial charge on any atom is 0.210 e. The molecule has 0 radical (unpaired) electrons. The fourth-order valence-corrected chi connectivity index (χ4v) is 3.15. The highest BCUT2D eigenvalue weighted by molar-refractivity contribution is 8.01. The summed E-state index contributed by atoms with van der Waals surface area (Å²) in [6.45, 7) is 1.89. The van der Waals surface area contributed by atoms with E-state index in [1.54, 1.807) is 18.9 Å². The average Bonchev–Trinajstić information content (AvgIpc) is 2.93. The first-order chi connectivity index (χ1) is 9.72. The highest BCUT2D eigenvalue weighted by Crippen LogP contribution is 2.31. The molecule has 7 heteroatoms. The minimum absolute atomic E-state index is 0.00882. The number of methoxy groups -OCH3 is 1. The summed E-state index contributed by atoms with van der Waals surface area (Å²) in [7, 11) is 1.63. The predicted molar refractivity (Wildman–Crippen MR) is 81.7 cm³/mol. The summed E-state index contributed by atoms with van der Waals surface area (Å²) >= 11 is 3.01. The van der Waals surface area contributed by atoms with Crippen LogP contribution in [0.5, 0.6) is 5.75 Å². The van der Waals surface area contributed by atoms with Gasteiger partial charge in [-0.3, -0.25) is 0 Å². The van der Waals surface area contributed by atoms with Crippen LogP contribution in [0.3, 0.4) is 0 Å². The second kappa shape index (κ2) is 7.12. The van der Waals surface area contributed by atoms with Crippen molar-refractivity contribution < 1.29 is 4.74 Å². The maximum atomic E-state index is 8.75. The van der Waals surface area contributed by atoms with Crippen molar-refractivity contribution >= 4 is 33.9 Å². The van der Waals surface area contributed by atoms with Gasteiger partial charge in [-0.2, -0.15) is 5.26 Å². The molecule has 0 unspecified atom stereocenters. The Labute approximate surface area is 126 Å². The van der Waals surface area contributed by atoms with Crippen molar-refractivity contribution in [3.8, 4) is 11.8 Å². The molecule has 0 saturated heterocycles. The topological polar surface area (TPSA) is 70.8 Å². The number of ether oxygens (including phenoxy) is 1. The van der Waals surface area contributed by atoms with E-state index in [0.717, 1.165) is 21.5 Å². The van der Waals surface area contributed by atoms with Gasteiger partial charge in [-0.1, -0.05) is 35.2 Å². The number of thioether (sulfide) groups is 1. The van der Waals surface area contributed by atoms with Crippen LogP contribution in [0.15, 0.2) is 28.6 Å². The summed E-state index contributed by atoms with van der Waals surface area (Å²) in [4.78, 5) is 0. The molecule has 0 saturated carbocycles. The largest absolute Gasteiger partial charge is 0.495 e. The number of rotatable bonds is 6. The third kappa shape index (κ3) is 3.85. The average molecular weight is 306 g/mol. The standard InChI is InChI=1S/C13H14N4OS2/c1-9(7-14)8-19-13-17-16-12(20-13)15-10-5-3-4-6-11(10)18-2/h3-6,9H,8H2,1-2H3,(H,15,16)/t9-/m1/s1. The van der Waals surface area contributed by atoms with Crippen molar-refractivity contribution in [2.24, 2.45) is 5.92 Å². The molecule has 104 valence electrons. The normalized spacial score (nSPS) is 11.7. The zero-order valence-corrected chi connectivity index (χ0v) is 12.8. The van der Waals surface area contributed by atoms with E-state index >= 15 is 0 Å². The van der Waals surface area contributed by atoms with Crippen LogP contribution in [-0.4, -0.2) is 23.1 Å². The third-order valence-electron chi connectivity index (χ3n) is 2.43. The van der Waals surface area contributed by atoms with Gasteiger partial charge in [0, 0.05) is 5.75 Å². The highest BCUT2D eigenvalue weighted by atomic mass is 32.2. The van der Waals surface area contributed by atoms with Gasteiger partial charge in [0.15, 0.2) is 4.34 Å². The van der Waals surface area contributed by atoms with Crippen molar-refractivity contribution in [3.05, 3.63) is 24.3 Å². The second-order valence-electron chi connectivity index (χ2n) is 4.04. The number of para-hydroxylation sites is 2.